The van der Waals surface area contributed by atoms with Gasteiger partial charge in [-0.3, -0.25) is 19.8 Å². The Morgan fingerprint density at radius 3 is 2.77 bits per heavy atom. The minimum absolute atomic E-state index is 0.122. The lowest BCUT2D eigenvalue weighted by atomic mass is 9.86. The van der Waals surface area contributed by atoms with E-state index in [1.54, 1.807) is 19.3 Å². The van der Waals surface area contributed by atoms with Gasteiger partial charge in [0.05, 0.1) is 6.10 Å². The van der Waals surface area contributed by atoms with E-state index in [1.165, 1.54) is 17.7 Å². The van der Waals surface area contributed by atoms with Gasteiger partial charge in [-0.1, -0.05) is 25.0 Å². The molecule has 5 nitrogen and oxygen atoms in total. The molecule has 2 atom stereocenters. The third kappa shape index (κ3) is 3.62. The van der Waals surface area contributed by atoms with Crippen molar-refractivity contribution in [2.24, 2.45) is 5.92 Å². The van der Waals surface area contributed by atoms with Gasteiger partial charge in [0.15, 0.2) is 5.11 Å². The number of allylic oxidation sites excluding steroid dienone is 2. The molecule has 1 saturated heterocycles. The van der Waals surface area contributed by atoms with Crippen molar-refractivity contribution >= 4 is 29.1 Å². The molecule has 2 fully saturated rings. The molecule has 1 aliphatic carbocycles. The first-order valence-electron chi connectivity index (χ1n) is 7.67. The first-order chi connectivity index (χ1) is 10.6. The zero-order valence-electron chi connectivity index (χ0n) is 13.0. The lowest BCUT2D eigenvalue weighted by Crippen LogP contribution is -2.53. The summed E-state index contributed by atoms with van der Waals surface area (Å²) in [7, 11) is 1.73. The molecule has 2 amide bonds. The van der Waals surface area contributed by atoms with E-state index in [2.05, 4.69) is 5.32 Å². The van der Waals surface area contributed by atoms with Gasteiger partial charge < -0.3 is 4.74 Å². The van der Waals surface area contributed by atoms with Gasteiger partial charge in [0.1, 0.15) is 5.57 Å². The topological polar surface area (TPSA) is 58.6 Å². The Hall–Kier alpha value is -1.53. The number of nitrogens with one attached hydrogen (secondary N) is 1. The largest absolute Gasteiger partial charge is 0.381 e. The van der Waals surface area contributed by atoms with Crippen LogP contribution in [-0.4, -0.2) is 41.6 Å². The second-order valence-electron chi connectivity index (χ2n) is 5.50. The standard InChI is InChI=1S/C16H22N2O3S/c1-3-18-15(20)12(14(19)17-16(18)22)9-6-8-11-7-4-5-10-13(11)21-2/h6,8-9,11,13H,3-5,7,10H2,1-2H3,(H,17,19,22)/b8-6+,12-9+. The van der Waals surface area contributed by atoms with Crippen molar-refractivity contribution in [2.75, 3.05) is 13.7 Å². The molecule has 0 bridgehead atoms. The number of ether oxygens (including phenoxy) is 1. The molecule has 0 aromatic rings. The Morgan fingerprint density at radius 2 is 2.09 bits per heavy atom. The summed E-state index contributed by atoms with van der Waals surface area (Å²) in [6.45, 7) is 2.26. The Labute approximate surface area is 136 Å². The third-order valence-corrected chi connectivity index (χ3v) is 4.50. The third-order valence-electron chi connectivity index (χ3n) is 4.18. The second kappa shape index (κ2) is 7.65. The number of likely N-dealkylation sites (N-methyl/N-ethyl adjacent to an activating group) is 1. The number of methoxy groups -OCH3 is 1. The number of carbonyl (C=O) groups is 2. The fourth-order valence-electron chi connectivity index (χ4n) is 2.93. The van der Waals surface area contributed by atoms with E-state index in [0.717, 1.165) is 12.8 Å². The smallest absolute Gasteiger partial charge is 0.265 e. The molecule has 2 rings (SSSR count). The predicted molar refractivity (Wildman–Crippen MR) is 88.1 cm³/mol. The highest BCUT2D eigenvalue weighted by Gasteiger charge is 2.31. The Kier molecular flexibility index (Phi) is 5.85. The Bertz CT molecular complexity index is 527. The maximum Gasteiger partial charge on any atom is 0.265 e. The highest BCUT2D eigenvalue weighted by molar-refractivity contribution is 7.80. The fraction of sp³-hybridized carbons (Fsp3) is 0.562. The molecule has 2 aliphatic rings. The molecule has 2 unspecified atom stereocenters. The van der Waals surface area contributed by atoms with Crippen LogP contribution in [0.15, 0.2) is 23.8 Å². The average molecular weight is 322 g/mol. The molecule has 0 aromatic carbocycles. The number of carbonyl (C=O) groups excluding carboxylic acids is 2. The molecular formula is C16H22N2O3S. The van der Waals surface area contributed by atoms with Gasteiger partial charge in [-0.25, -0.2) is 0 Å². The number of rotatable bonds is 4. The molecule has 1 heterocycles. The summed E-state index contributed by atoms with van der Waals surface area (Å²) < 4.78 is 5.49. The molecule has 0 radical (unpaired) electrons. The van der Waals surface area contributed by atoms with Crippen molar-refractivity contribution in [3.63, 3.8) is 0 Å². The summed E-state index contributed by atoms with van der Waals surface area (Å²) in [5.41, 5.74) is 0.122. The van der Waals surface area contributed by atoms with Gasteiger partial charge in [-0.2, -0.15) is 0 Å². The van der Waals surface area contributed by atoms with Crippen molar-refractivity contribution in [2.45, 2.75) is 38.7 Å². The van der Waals surface area contributed by atoms with Gasteiger partial charge >= 0.3 is 0 Å². The predicted octanol–water partition coefficient (Wildman–Crippen LogP) is 1.94. The molecule has 22 heavy (non-hydrogen) atoms. The molecule has 1 saturated carbocycles. The van der Waals surface area contributed by atoms with Crippen LogP contribution in [0.4, 0.5) is 0 Å². The number of amides is 2. The van der Waals surface area contributed by atoms with Gasteiger partial charge in [-0.15, -0.1) is 0 Å². The van der Waals surface area contributed by atoms with E-state index in [9.17, 15) is 9.59 Å². The molecule has 1 aliphatic heterocycles. The zero-order valence-corrected chi connectivity index (χ0v) is 13.8. The summed E-state index contributed by atoms with van der Waals surface area (Å²) in [6.07, 6.45) is 10.1. The maximum atomic E-state index is 12.2. The van der Waals surface area contributed by atoms with Gasteiger partial charge in [-0.05, 0) is 38.1 Å². The van der Waals surface area contributed by atoms with Crippen LogP contribution in [0, 0.1) is 5.92 Å². The monoisotopic (exact) mass is 322 g/mol. The Morgan fingerprint density at radius 1 is 1.36 bits per heavy atom. The highest BCUT2D eigenvalue weighted by Crippen LogP contribution is 2.27. The minimum Gasteiger partial charge on any atom is -0.381 e. The Balaban J connectivity index is 2.10. The van der Waals surface area contributed by atoms with Gasteiger partial charge in [0.2, 0.25) is 0 Å². The summed E-state index contributed by atoms with van der Waals surface area (Å²) in [4.78, 5) is 25.5. The normalized spacial score (nSPS) is 28.5. The molecule has 6 heteroatoms. The van der Waals surface area contributed by atoms with Crippen LogP contribution in [0.25, 0.3) is 0 Å². The number of thiocarbonyl (C=S) groups is 1. The molecular weight excluding hydrogens is 300 g/mol. The van der Waals surface area contributed by atoms with Crippen molar-refractivity contribution in [3.05, 3.63) is 23.8 Å². The summed E-state index contributed by atoms with van der Waals surface area (Å²) >= 11 is 4.99. The van der Waals surface area contributed by atoms with Crippen molar-refractivity contribution < 1.29 is 14.3 Å². The SMILES string of the molecule is CCN1C(=O)/C(=C/C=C/C2CCCCC2OC)C(=O)NC1=S. The lowest BCUT2D eigenvalue weighted by molar-refractivity contribution is -0.128. The van der Waals surface area contributed by atoms with E-state index in [1.807, 2.05) is 13.0 Å². The molecule has 0 aromatic heterocycles. The van der Waals surface area contributed by atoms with E-state index in [0.29, 0.717) is 12.5 Å². The number of hydrogen-bond acceptors (Lipinski definition) is 4. The van der Waals surface area contributed by atoms with Crippen LogP contribution in [0.5, 0.6) is 0 Å². The van der Waals surface area contributed by atoms with E-state index >= 15 is 0 Å². The van der Waals surface area contributed by atoms with Crippen LogP contribution < -0.4 is 5.32 Å². The average Bonchev–Trinajstić information content (AvgIpc) is 2.51. The zero-order chi connectivity index (χ0) is 16.1. The van der Waals surface area contributed by atoms with Crippen molar-refractivity contribution in [3.8, 4) is 0 Å². The summed E-state index contributed by atoms with van der Waals surface area (Å²) in [5.74, 6) is -0.440. The van der Waals surface area contributed by atoms with Crippen LogP contribution in [0.2, 0.25) is 0 Å². The second-order valence-corrected chi connectivity index (χ2v) is 5.88. The summed E-state index contributed by atoms with van der Waals surface area (Å²) in [5, 5.41) is 2.71. The first-order valence-corrected chi connectivity index (χ1v) is 8.07. The van der Waals surface area contributed by atoms with Crippen molar-refractivity contribution in [1.82, 2.24) is 10.2 Å². The molecule has 120 valence electrons. The quantitative estimate of drug-likeness (QED) is 0.488. The van der Waals surface area contributed by atoms with E-state index < -0.39 is 5.91 Å². The van der Waals surface area contributed by atoms with Crippen LogP contribution in [-0.2, 0) is 14.3 Å². The minimum atomic E-state index is -0.434. The van der Waals surface area contributed by atoms with Crippen LogP contribution in [0.3, 0.4) is 0 Å². The maximum absolute atomic E-state index is 12.2. The molecule has 0 spiro atoms. The van der Waals surface area contributed by atoms with Crippen molar-refractivity contribution in [1.29, 1.82) is 0 Å². The lowest BCUT2D eigenvalue weighted by Gasteiger charge is -2.28. The van der Waals surface area contributed by atoms with E-state index in [4.69, 9.17) is 17.0 Å². The van der Waals surface area contributed by atoms with Crippen LogP contribution in [0.1, 0.15) is 32.6 Å². The van der Waals surface area contributed by atoms with Crippen LogP contribution >= 0.6 is 12.2 Å². The number of nitrogens with zero attached hydrogens (tertiary/aromatic N) is 1. The van der Waals surface area contributed by atoms with E-state index in [-0.39, 0.29) is 22.7 Å². The number of hydrogen-bond donors (Lipinski definition) is 1. The van der Waals surface area contributed by atoms with Gasteiger partial charge in [0.25, 0.3) is 11.8 Å². The summed E-state index contributed by atoms with van der Waals surface area (Å²) in [6, 6.07) is 0. The van der Waals surface area contributed by atoms with Gasteiger partial charge in [0, 0.05) is 19.6 Å². The molecule has 1 N–H and O–H groups in total. The highest BCUT2D eigenvalue weighted by atomic mass is 32.1. The first kappa shape index (κ1) is 16.8. The fourth-order valence-corrected chi connectivity index (χ4v) is 3.24.